The van der Waals surface area contributed by atoms with E-state index in [4.69, 9.17) is 21.4 Å². The van der Waals surface area contributed by atoms with Crippen LogP contribution in [0, 0.1) is 0 Å². The van der Waals surface area contributed by atoms with Gasteiger partial charge in [-0.2, -0.15) is 0 Å². The van der Waals surface area contributed by atoms with Crippen molar-refractivity contribution in [3.05, 3.63) is 58.6 Å². The number of ether oxygens (including phenoxy) is 1. The van der Waals surface area contributed by atoms with Crippen molar-refractivity contribution >= 4 is 17.6 Å². The minimum absolute atomic E-state index is 0.138. The number of hydrogen-bond acceptors (Lipinski definition) is 2. The number of aromatic carboxylic acids is 1. The lowest BCUT2D eigenvalue weighted by Gasteiger charge is -2.11. The van der Waals surface area contributed by atoms with E-state index < -0.39 is 5.97 Å². The first-order chi connectivity index (χ1) is 10.0. The van der Waals surface area contributed by atoms with Crippen molar-refractivity contribution < 1.29 is 14.6 Å². The van der Waals surface area contributed by atoms with E-state index in [-0.39, 0.29) is 10.6 Å². The second kappa shape index (κ2) is 6.64. The van der Waals surface area contributed by atoms with E-state index in [9.17, 15) is 4.79 Å². The lowest BCUT2D eigenvalue weighted by Crippen LogP contribution is -1.96. The van der Waals surface area contributed by atoms with Crippen LogP contribution in [0.3, 0.4) is 0 Å². The monoisotopic (exact) mass is 304 g/mol. The van der Waals surface area contributed by atoms with Crippen LogP contribution in [0.2, 0.25) is 5.02 Å². The summed E-state index contributed by atoms with van der Waals surface area (Å²) in [5, 5.41) is 9.17. The lowest BCUT2D eigenvalue weighted by molar-refractivity contribution is 0.0697. The van der Waals surface area contributed by atoms with Gasteiger partial charge in [-0.25, -0.2) is 4.79 Å². The molecule has 0 aliphatic carbocycles. The summed E-state index contributed by atoms with van der Waals surface area (Å²) in [7, 11) is 0. The Balaban J connectivity index is 2.16. The van der Waals surface area contributed by atoms with Gasteiger partial charge in [0.25, 0.3) is 0 Å². The number of carboxylic acid groups (broad SMARTS) is 1. The van der Waals surface area contributed by atoms with Crippen LogP contribution in [-0.4, -0.2) is 11.1 Å². The van der Waals surface area contributed by atoms with E-state index in [1.165, 1.54) is 17.7 Å². The fourth-order valence-corrected chi connectivity index (χ4v) is 2.16. The molecule has 2 aromatic carbocycles. The van der Waals surface area contributed by atoms with Crippen molar-refractivity contribution in [2.24, 2.45) is 0 Å². The minimum atomic E-state index is -1.01. The van der Waals surface area contributed by atoms with Gasteiger partial charge in [0.1, 0.15) is 11.5 Å². The van der Waals surface area contributed by atoms with E-state index in [0.29, 0.717) is 17.4 Å². The highest BCUT2D eigenvalue weighted by molar-refractivity contribution is 6.32. The zero-order chi connectivity index (χ0) is 15.4. The molecule has 0 amide bonds. The van der Waals surface area contributed by atoms with Crippen LogP contribution in [0.5, 0.6) is 11.5 Å². The summed E-state index contributed by atoms with van der Waals surface area (Å²) in [4.78, 5) is 10.9. The Hall–Kier alpha value is -2.00. The molecule has 0 spiro atoms. The Morgan fingerprint density at radius 2 is 1.90 bits per heavy atom. The normalized spacial score (nSPS) is 12.0. The highest BCUT2D eigenvalue weighted by atomic mass is 35.5. The minimum Gasteiger partial charge on any atom is -0.478 e. The van der Waals surface area contributed by atoms with Crippen molar-refractivity contribution in [1.82, 2.24) is 0 Å². The smallest absolute Gasteiger partial charge is 0.335 e. The molecule has 0 saturated carbocycles. The summed E-state index contributed by atoms with van der Waals surface area (Å²) >= 11 is 6.04. The third-order valence-corrected chi connectivity index (χ3v) is 3.76. The summed E-state index contributed by atoms with van der Waals surface area (Å²) in [5.41, 5.74) is 1.40. The second-order valence-corrected chi connectivity index (χ2v) is 5.34. The molecule has 21 heavy (non-hydrogen) atoms. The van der Waals surface area contributed by atoms with Crippen LogP contribution in [-0.2, 0) is 0 Å². The molecule has 110 valence electrons. The molecule has 0 bridgehead atoms. The summed E-state index contributed by atoms with van der Waals surface area (Å²) in [6, 6.07) is 12.3. The van der Waals surface area contributed by atoms with E-state index in [0.717, 1.165) is 6.42 Å². The SMILES string of the molecule is CCC(C)c1ccc(Oc2ccc(C(=O)O)cc2Cl)cc1. The quantitative estimate of drug-likeness (QED) is 0.810. The molecule has 2 rings (SSSR count). The molecule has 0 aliphatic rings. The van der Waals surface area contributed by atoms with Crippen molar-refractivity contribution in [1.29, 1.82) is 0 Å². The molecule has 0 aromatic heterocycles. The van der Waals surface area contributed by atoms with E-state index in [2.05, 4.69) is 13.8 Å². The highest BCUT2D eigenvalue weighted by Crippen LogP contribution is 2.31. The highest BCUT2D eigenvalue weighted by Gasteiger charge is 2.09. The maximum absolute atomic E-state index is 10.9. The maximum atomic E-state index is 10.9. The zero-order valence-electron chi connectivity index (χ0n) is 12.0. The lowest BCUT2D eigenvalue weighted by atomic mass is 9.99. The number of halogens is 1. The van der Waals surface area contributed by atoms with Crippen LogP contribution in [0.25, 0.3) is 0 Å². The van der Waals surface area contributed by atoms with Crippen LogP contribution in [0.1, 0.15) is 42.1 Å². The average Bonchev–Trinajstić information content (AvgIpc) is 2.49. The zero-order valence-corrected chi connectivity index (χ0v) is 12.7. The summed E-state index contributed by atoms with van der Waals surface area (Å²) in [5.74, 6) is 0.615. The summed E-state index contributed by atoms with van der Waals surface area (Å²) in [6.07, 6.45) is 1.09. The predicted octanol–water partition coefficient (Wildman–Crippen LogP) is 5.34. The van der Waals surface area contributed by atoms with Crippen molar-refractivity contribution in [2.75, 3.05) is 0 Å². The first-order valence-electron chi connectivity index (χ1n) is 6.82. The van der Waals surface area contributed by atoms with Gasteiger partial charge in [0, 0.05) is 0 Å². The molecule has 0 fully saturated rings. The molecule has 2 aromatic rings. The van der Waals surface area contributed by atoms with Gasteiger partial charge >= 0.3 is 5.97 Å². The largest absolute Gasteiger partial charge is 0.478 e. The Kier molecular flexibility index (Phi) is 4.86. The third-order valence-electron chi connectivity index (χ3n) is 3.47. The maximum Gasteiger partial charge on any atom is 0.335 e. The molecular formula is C17H17ClO3. The predicted molar refractivity (Wildman–Crippen MR) is 83.6 cm³/mol. The molecule has 0 aliphatic heterocycles. The molecule has 1 N–H and O–H groups in total. The Bertz CT molecular complexity index is 635. The van der Waals surface area contributed by atoms with Crippen molar-refractivity contribution in [3.8, 4) is 11.5 Å². The first-order valence-corrected chi connectivity index (χ1v) is 7.19. The number of hydrogen-bond donors (Lipinski definition) is 1. The van der Waals surface area contributed by atoms with Gasteiger partial charge in [0.2, 0.25) is 0 Å². The van der Waals surface area contributed by atoms with Crippen molar-refractivity contribution in [3.63, 3.8) is 0 Å². The van der Waals surface area contributed by atoms with E-state index in [1.807, 2.05) is 24.3 Å². The average molecular weight is 305 g/mol. The molecule has 1 unspecified atom stereocenters. The standard InChI is InChI=1S/C17H17ClO3/c1-3-11(2)12-4-7-14(8-5-12)21-16-9-6-13(17(19)20)10-15(16)18/h4-11H,3H2,1-2H3,(H,19,20). The first kappa shape index (κ1) is 15.4. The van der Waals surface area contributed by atoms with Gasteiger partial charge in [-0.15, -0.1) is 0 Å². The van der Waals surface area contributed by atoms with Crippen LogP contribution >= 0.6 is 11.6 Å². The molecule has 1 atom stereocenters. The Labute approximate surface area is 129 Å². The molecule has 4 heteroatoms. The molecular weight excluding hydrogens is 288 g/mol. The van der Waals surface area contributed by atoms with E-state index in [1.54, 1.807) is 6.07 Å². The van der Waals surface area contributed by atoms with Gasteiger partial charge in [-0.05, 0) is 48.2 Å². The number of carbonyl (C=O) groups is 1. The molecule has 0 heterocycles. The van der Waals surface area contributed by atoms with Gasteiger partial charge in [-0.3, -0.25) is 0 Å². The third kappa shape index (κ3) is 3.76. The summed E-state index contributed by atoms with van der Waals surface area (Å²) in [6.45, 7) is 4.33. The number of carboxylic acids is 1. The molecule has 0 saturated heterocycles. The second-order valence-electron chi connectivity index (χ2n) is 4.93. The van der Waals surface area contributed by atoms with Gasteiger partial charge < -0.3 is 9.84 Å². The topological polar surface area (TPSA) is 46.5 Å². The van der Waals surface area contributed by atoms with Crippen molar-refractivity contribution in [2.45, 2.75) is 26.2 Å². The van der Waals surface area contributed by atoms with Gasteiger partial charge in [-0.1, -0.05) is 37.6 Å². The van der Waals surface area contributed by atoms with Crippen LogP contribution < -0.4 is 4.74 Å². The number of rotatable bonds is 5. The number of benzene rings is 2. The molecule has 3 nitrogen and oxygen atoms in total. The van der Waals surface area contributed by atoms with Gasteiger partial charge in [0.15, 0.2) is 0 Å². The van der Waals surface area contributed by atoms with E-state index >= 15 is 0 Å². The van der Waals surface area contributed by atoms with Gasteiger partial charge in [0.05, 0.1) is 10.6 Å². The Morgan fingerprint density at radius 3 is 2.43 bits per heavy atom. The van der Waals surface area contributed by atoms with Crippen LogP contribution in [0.4, 0.5) is 0 Å². The van der Waals surface area contributed by atoms with Crippen LogP contribution in [0.15, 0.2) is 42.5 Å². The fourth-order valence-electron chi connectivity index (χ4n) is 1.94. The fraction of sp³-hybridized carbons (Fsp3) is 0.235. The summed E-state index contributed by atoms with van der Waals surface area (Å²) < 4.78 is 5.69. The molecule has 0 radical (unpaired) electrons. The Morgan fingerprint density at radius 1 is 1.24 bits per heavy atom.